The van der Waals surface area contributed by atoms with Gasteiger partial charge in [-0.3, -0.25) is 4.79 Å². The smallest absolute Gasteiger partial charge is 0.417 e. The molecule has 2 aromatic carbocycles. The van der Waals surface area contributed by atoms with Crippen LogP contribution in [0.15, 0.2) is 63.8 Å². The third-order valence-electron chi connectivity index (χ3n) is 3.90. The number of anilines is 1. The third-order valence-corrected chi connectivity index (χ3v) is 3.90. The minimum atomic E-state index is -4.69. The number of halogens is 3. The summed E-state index contributed by atoms with van der Waals surface area (Å²) >= 11 is 0. The summed E-state index contributed by atoms with van der Waals surface area (Å²) in [7, 11) is 1.58. The van der Waals surface area contributed by atoms with E-state index in [0.29, 0.717) is 11.8 Å². The lowest BCUT2D eigenvalue weighted by Gasteiger charge is -2.17. The molecule has 5 nitrogen and oxygen atoms in total. The van der Waals surface area contributed by atoms with Crippen molar-refractivity contribution in [2.24, 2.45) is 0 Å². The quantitative estimate of drug-likeness (QED) is 0.648. The van der Waals surface area contributed by atoms with Crippen molar-refractivity contribution in [3.8, 4) is 5.75 Å². The molecule has 0 bridgehead atoms. The summed E-state index contributed by atoms with van der Waals surface area (Å²) in [4.78, 5) is 25.0. The standard InChI is InChI=1S/C19H14F3NO4/c1-23(12-5-3-2-4-6-12)17(24)11-26-13-7-8-14-15(19(20,21)22)10-18(25)27-16(14)9-13/h2-10H,11H2,1H3. The van der Waals surface area contributed by atoms with Crippen LogP contribution in [0.2, 0.25) is 0 Å². The average molecular weight is 377 g/mol. The Balaban J connectivity index is 1.80. The number of para-hydroxylation sites is 1. The van der Waals surface area contributed by atoms with Crippen LogP contribution in [0.25, 0.3) is 11.0 Å². The first kappa shape index (κ1) is 18.5. The van der Waals surface area contributed by atoms with Gasteiger partial charge in [0, 0.05) is 30.3 Å². The summed E-state index contributed by atoms with van der Waals surface area (Å²) in [6.45, 7) is -0.333. The molecule has 0 N–H and O–H groups in total. The average Bonchev–Trinajstić information content (AvgIpc) is 2.64. The Morgan fingerprint density at radius 1 is 1.11 bits per heavy atom. The highest BCUT2D eigenvalue weighted by Gasteiger charge is 2.33. The van der Waals surface area contributed by atoms with E-state index < -0.39 is 17.4 Å². The number of hydrogen-bond donors (Lipinski definition) is 0. The Morgan fingerprint density at radius 3 is 2.48 bits per heavy atom. The molecule has 1 aromatic heterocycles. The Bertz CT molecular complexity index is 1030. The number of hydrogen-bond acceptors (Lipinski definition) is 4. The van der Waals surface area contributed by atoms with Gasteiger partial charge in [-0.2, -0.15) is 13.2 Å². The second-order valence-electron chi connectivity index (χ2n) is 5.71. The summed E-state index contributed by atoms with van der Waals surface area (Å²) in [5.41, 5.74) is -1.80. The van der Waals surface area contributed by atoms with E-state index in [-0.39, 0.29) is 29.2 Å². The molecule has 0 aliphatic carbocycles. The number of likely N-dealkylation sites (N-methyl/N-ethyl adjacent to an activating group) is 1. The molecule has 0 radical (unpaired) electrons. The molecule has 8 heteroatoms. The largest absolute Gasteiger partial charge is 0.484 e. The molecule has 0 saturated heterocycles. The molecule has 0 atom stereocenters. The van der Waals surface area contributed by atoms with Gasteiger partial charge in [0.25, 0.3) is 5.91 Å². The zero-order chi connectivity index (χ0) is 19.6. The van der Waals surface area contributed by atoms with Crippen LogP contribution >= 0.6 is 0 Å². The molecule has 1 amide bonds. The maximum absolute atomic E-state index is 13.0. The molecular weight excluding hydrogens is 363 g/mol. The van der Waals surface area contributed by atoms with Gasteiger partial charge >= 0.3 is 11.8 Å². The van der Waals surface area contributed by atoms with Gasteiger partial charge in [-0.25, -0.2) is 4.79 Å². The maximum Gasteiger partial charge on any atom is 0.417 e. The fraction of sp³-hybridized carbons (Fsp3) is 0.158. The summed E-state index contributed by atoms with van der Waals surface area (Å²) in [5.74, 6) is -0.244. The zero-order valence-corrected chi connectivity index (χ0v) is 14.1. The monoisotopic (exact) mass is 377 g/mol. The summed E-state index contributed by atoms with van der Waals surface area (Å²) in [6.07, 6.45) is -4.69. The first-order valence-corrected chi connectivity index (χ1v) is 7.85. The Labute approximate surface area is 151 Å². The summed E-state index contributed by atoms with van der Waals surface area (Å²) in [5, 5.41) is -0.262. The van der Waals surface area contributed by atoms with Crippen molar-refractivity contribution in [1.82, 2.24) is 0 Å². The van der Waals surface area contributed by atoms with Gasteiger partial charge in [0.15, 0.2) is 6.61 Å². The van der Waals surface area contributed by atoms with Crippen LogP contribution < -0.4 is 15.3 Å². The molecule has 0 aliphatic heterocycles. The van der Waals surface area contributed by atoms with Crippen LogP contribution in [-0.4, -0.2) is 19.6 Å². The molecule has 0 unspecified atom stereocenters. The maximum atomic E-state index is 13.0. The van der Waals surface area contributed by atoms with E-state index >= 15 is 0 Å². The molecule has 0 aliphatic rings. The topological polar surface area (TPSA) is 59.8 Å². The van der Waals surface area contributed by atoms with Crippen molar-refractivity contribution < 1.29 is 27.1 Å². The Morgan fingerprint density at radius 2 is 1.81 bits per heavy atom. The number of ether oxygens (including phenoxy) is 1. The van der Waals surface area contributed by atoms with Gasteiger partial charge in [-0.15, -0.1) is 0 Å². The Kier molecular flexibility index (Phi) is 4.89. The van der Waals surface area contributed by atoms with E-state index in [9.17, 15) is 22.8 Å². The van der Waals surface area contributed by atoms with Crippen molar-refractivity contribution in [3.05, 3.63) is 70.6 Å². The van der Waals surface area contributed by atoms with E-state index in [1.165, 1.54) is 11.0 Å². The van der Waals surface area contributed by atoms with Gasteiger partial charge in [0.1, 0.15) is 11.3 Å². The predicted molar refractivity (Wildman–Crippen MR) is 92.8 cm³/mol. The van der Waals surface area contributed by atoms with Crippen molar-refractivity contribution in [2.75, 3.05) is 18.6 Å². The minimum Gasteiger partial charge on any atom is -0.484 e. The fourth-order valence-corrected chi connectivity index (χ4v) is 2.50. The van der Waals surface area contributed by atoms with Gasteiger partial charge in [-0.1, -0.05) is 18.2 Å². The molecule has 0 saturated carbocycles. The number of amides is 1. The lowest BCUT2D eigenvalue weighted by atomic mass is 10.1. The van der Waals surface area contributed by atoms with Gasteiger partial charge in [0.2, 0.25) is 0 Å². The molecule has 0 spiro atoms. The second kappa shape index (κ2) is 7.14. The highest BCUT2D eigenvalue weighted by atomic mass is 19.4. The van der Waals surface area contributed by atoms with Crippen molar-refractivity contribution in [3.63, 3.8) is 0 Å². The number of rotatable bonds is 4. The molecule has 27 heavy (non-hydrogen) atoms. The molecular formula is C19H14F3NO4. The van der Waals surface area contributed by atoms with Crippen LogP contribution in [0.3, 0.4) is 0 Å². The van der Waals surface area contributed by atoms with Gasteiger partial charge in [-0.05, 0) is 24.3 Å². The highest BCUT2D eigenvalue weighted by Crippen LogP contribution is 2.34. The first-order chi connectivity index (χ1) is 12.8. The highest BCUT2D eigenvalue weighted by molar-refractivity contribution is 5.94. The second-order valence-corrected chi connectivity index (χ2v) is 5.71. The molecule has 140 valence electrons. The number of alkyl halides is 3. The van der Waals surface area contributed by atoms with Crippen molar-refractivity contribution in [1.29, 1.82) is 0 Å². The molecule has 3 aromatic rings. The van der Waals surface area contributed by atoms with Crippen LogP contribution in [0.1, 0.15) is 5.56 Å². The minimum absolute atomic E-state index is 0.111. The molecule has 1 heterocycles. The predicted octanol–water partition coefficient (Wildman–Crippen LogP) is 3.85. The normalized spacial score (nSPS) is 11.4. The van der Waals surface area contributed by atoms with E-state index in [1.807, 2.05) is 6.07 Å². The molecule has 3 rings (SSSR count). The SMILES string of the molecule is CN(C(=O)COc1ccc2c(C(F)(F)F)cc(=O)oc2c1)c1ccccc1. The summed E-state index contributed by atoms with van der Waals surface area (Å²) < 4.78 is 49.3. The van der Waals surface area contributed by atoms with Crippen molar-refractivity contribution >= 4 is 22.6 Å². The fourth-order valence-electron chi connectivity index (χ4n) is 2.50. The van der Waals surface area contributed by atoms with E-state index in [0.717, 1.165) is 12.1 Å². The van der Waals surface area contributed by atoms with Crippen LogP contribution in [0, 0.1) is 0 Å². The lowest BCUT2D eigenvalue weighted by molar-refractivity contribution is -0.136. The summed E-state index contributed by atoms with van der Waals surface area (Å²) in [6, 6.07) is 12.9. The third kappa shape index (κ3) is 4.11. The first-order valence-electron chi connectivity index (χ1n) is 7.85. The number of benzene rings is 2. The number of carbonyl (C=O) groups excluding carboxylic acids is 1. The molecule has 0 fully saturated rings. The van der Waals surface area contributed by atoms with Crippen LogP contribution in [-0.2, 0) is 11.0 Å². The number of carbonyl (C=O) groups is 1. The van der Waals surface area contributed by atoms with Crippen LogP contribution in [0.5, 0.6) is 5.75 Å². The number of fused-ring (bicyclic) bond motifs is 1. The van der Waals surface area contributed by atoms with Gasteiger partial charge in [0.05, 0.1) is 5.56 Å². The van der Waals surface area contributed by atoms with E-state index in [1.54, 1.807) is 31.3 Å². The number of nitrogens with zero attached hydrogens (tertiary/aromatic N) is 1. The van der Waals surface area contributed by atoms with Gasteiger partial charge < -0.3 is 14.1 Å². The van der Waals surface area contributed by atoms with Crippen LogP contribution in [0.4, 0.5) is 18.9 Å². The van der Waals surface area contributed by atoms with E-state index in [4.69, 9.17) is 9.15 Å². The van der Waals surface area contributed by atoms with Crippen molar-refractivity contribution in [2.45, 2.75) is 6.18 Å². The van der Waals surface area contributed by atoms with E-state index in [2.05, 4.69) is 0 Å². The Hall–Kier alpha value is -3.29. The lowest BCUT2D eigenvalue weighted by Crippen LogP contribution is -2.31. The zero-order valence-electron chi connectivity index (χ0n) is 14.1.